The number of imidazole rings is 1. The summed E-state index contributed by atoms with van der Waals surface area (Å²) in [7, 11) is -2.36. The molecule has 0 saturated carbocycles. The quantitative estimate of drug-likeness (QED) is 0.672. The molecule has 1 atom stereocenters. The number of hydrogen-bond acceptors (Lipinski definition) is 7. The van der Waals surface area contributed by atoms with Gasteiger partial charge in [0.15, 0.2) is 11.6 Å². The molecule has 4 rings (SSSR count). The molecule has 0 radical (unpaired) electrons. The highest BCUT2D eigenvalue weighted by molar-refractivity contribution is 7.92. The van der Waals surface area contributed by atoms with Gasteiger partial charge in [-0.3, -0.25) is 4.40 Å². The molecule has 0 N–H and O–H groups in total. The van der Waals surface area contributed by atoms with E-state index in [4.69, 9.17) is 9.72 Å². The monoisotopic (exact) mass is 400 g/mol. The van der Waals surface area contributed by atoms with E-state index in [1.165, 1.54) is 0 Å². The Kier molecular flexibility index (Phi) is 4.80. The predicted molar refractivity (Wildman–Crippen MR) is 111 cm³/mol. The SMILES string of the molecule is Cc1nc2ccccn2c1-c1nc(N=S(C)(C)=O)cc(N2CCOC[C@H]2C)n1. The van der Waals surface area contributed by atoms with Gasteiger partial charge in [0.2, 0.25) is 0 Å². The third kappa shape index (κ3) is 3.72. The molecule has 1 fully saturated rings. The summed E-state index contributed by atoms with van der Waals surface area (Å²) in [5.74, 6) is 1.70. The van der Waals surface area contributed by atoms with Crippen molar-refractivity contribution < 1.29 is 8.95 Å². The van der Waals surface area contributed by atoms with Crippen LogP contribution in [0.25, 0.3) is 17.2 Å². The molecule has 3 aromatic rings. The third-order valence-electron chi connectivity index (χ3n) is 4.59. The average Bonchev–Trinajstić information content (AvgIpc) is 2.96. The van der Waals surface area contributed by atoms with Gasteiger partial charge in [-0.1, -0.05) is 6.07 Å². The van der Waals surface area contributed by atoms with E-state index in [-0.39, 0.29) is 6.04 Å². The number of pyridine rings is 1. The zero-order valence-electron chi connectivity index (χ0n) is 16.5. The fourth-order valence-corrected chi connectivity index (χ4v) is 3.94. The van der Waals surface area contributed by atoms with Crippen LogP contribution in [-0.2, 0) is 14.5 Å². The Morgan fingerprint density at radius 1 is 1.25 bits per heavy atom. The molecule has 148 valence electrons. The van der Waals surface area contributed by atoms with Crippen molar-refractivity contribution in [3.05, 3.63) is 36.2 Å². The zero-order valence-corrected chi connectivity index (χ0v) is 17.3. The highest BCUT2D eigenvalue weighted by Crippen LogP contribution is 2.29. The van der Waals surface area contributed by atoms with E-state index in [1.54, 1.807) is 18.6 Å². The lowest BCUT2D eigenvalue weighted by Crippen LogP contribution is -2.44. The van der Waals surface area contributed by atoms with Crippen molar-refractivity contribution in [3.8, 4) is 11.5 Å². The van der Waals surface area contributed by atoms with Gasteiger partial charge in [0, 0.05) is 41.0 Å². The van der Waals surface area contributed by atoms with Crippen LogP contribution in [0.2, 0.25) is 0 Å². The van der Waals surface area contributed by atoms with Crippen LogP contribution in [0.15, 0.2) is 34.8 Å². The molecule has 0 aromatic carbocycles. The molecule has 4 heterocycles. The lowest BCUT2D eigenvalue weighted by Gasteiger charge is -2.34. The summed E-state index contributed by atoms with van der Waals surface area (Å²) in [6.07, 6.45) is 5.15. The van der Waals surface area contributed by atoms with E-state index in [0.29, 0.717) is 24.9 Å². The van der Waals surface area contributed by atoms with Crippen molar-refractivity contribution in [1.29, 1.82) is 0 Å². The van der Waals surface area contributed by atoms with Gasteiger partial charge in [0.1, 0.15) is 17.2 Å². The highest BCUT2D eigenvalue weighted by atomic mass is 32.2. The summed E-state index contributed by atoms with van der Waals surface area (Å²) in [5, 5.41) is 0. The molecular formula is C19H24N6O2S. The summed E-state index contributed by atoms with van der Waals surface area (Å²) in [6, 6.07) is 7.82. The second-order valence-corrected chi connectivity index (χ2v) is 9.82. The van der Waals surface area contributed by atoms with Crippen LogP contribution in [0.1, 0.15) is 12.6 Å². The van der Waals surface area contributed by atoms with Crippen LogP contribution < -0.4 is 4.90 Å². The number of rotatable bonds is 3. The molecule has 28 heavy (non-hydrogen) atoms. The molecule has 8 nitrogen and oxygen atoms in total. The lowest BCUT2D eigenvalue weighted by atomic mass is 10.2. The molecule has 1 aliphatic heterocycles. The van der Waals surface area contributed by atoms with Gasteiger partial charge in [-0.25, -0.2) is 19.2 Å². The minimum atomic E-state index is -2.36. The average molecular weight is 401 g/mol. The first-order valence-corrected chi connectivity index (χ1v) is 11.5. The molecule has 0 unspecified atom stereocenters. The summed E-state index contributed by atoms with van der Waals surface area (Å²) in [6.45, 7) is 6.05. The number of nitrogens with zero attached hydrogens (tertiary/aromatic N) is 6. The van der Waals surface area contributed by atoms with E-state index in [9.17, 15) is 4.21 Å². The highest BCUT2D eigenvalue weighted by Gasteiger charge is 2.23. The van der Waals surface area contributed by atoms with Gasteiger partial charge in [-0.05, 0) is 26.0 Å². The fourth-order valence-electron chi connectivity index (χ4n) is 3.40. The topological polar surface area (TPSA) is 85.0 Å². The van der Waals surface area contributed by atoms with E-state index < -0.39 is 9.73 Å². The van der Waals surface area contributed by atoms with Gasteiger partial charge in [-0.2, -0.15) is 4.36 Å². The Hall–Kier alpha value is -2.52. The Morgan fingerprint density at radius 2 is 2.07 bits per heavy atom. The molecule has 0 aliphatic carbocycles. The van der Waals surface area contributed by atoms with E-state index in [2.05, 4.69) is 26.2 Å². The van der Waals surface area contributed by atoms with Gasteiger partial charge >= 0.3 is 0 Å². The molecule has 3 aromatic heterocycles. The van der Waals surface area contributed by atoms with Crippen molar-refractivity contribution in [1.82, 2.24) is 19.4 Å². The summed E-state index contributed by atoms with van der Waals surface area (Å²) >= 11 is 0. The van der Waals surface area contributed by atoms with Crippen LogP contribution in [0.3, 0.4) is 0 Å². The molecule has 9 heteroatoms. The Morgan fingerprint density at radius 3 is 2.82 bits per heavy atom. The Balaban J connectivity index is 1.93. The number of aromatic nitrogens is 4. The second-order valence-electron chi connectivity index (χ2n) is 7.27. The maximum absolute atomic E-state index is 12.3. The Labute approximate surface area is 164 Å². The van der Waals surface area contributed by atoms with Crippen molar-refractivity contribution in [2.45, 2.75) is 19.9 Å². The van der Waals surface area contributed by atoms with E-state index in [1.807, 2.05) is 35.7 Å². The minimum Gasteiger partial charge on any atom is -0.377 e. The van der Waals surface area contributed by atoms with Crippen molar-refractivity contribution >= 4 is 27.0 Å². The van der Waals surface area contributed by atoms with Crippen LogP contribution >= 0.6 is 0 Å². The number of ether oxygens (including phenoxy) is 1. The largest absolute Gasteiger partial charge is 0.377 e. The van der Waals surface area contributed by atoms with E-state index >= 15 is 0 Å². The van der Waals surface area contributed by atoms with Crippen LogP contribution in [0.4, 0.5) is 11.6 Å². The molecular weight excluding hydrogens is 376 g/mol. The normalized spacial score (nSPS) is 17.9. The second kappa shape index (κ2) is 7.14. The van der Waals surface area contributed by atoms with Gasteiger partial charge < -0.3 is 9.64 Å². The van der Waals surface area contributed by atoms with Crippen molar-refractivity contribution in [2.24, 2.45) is 4.36 Å². The van der Waals surface area contributed by atoms with Gasteiger partial charge in [0.25, 0.3) is 0 Å². The first-order chi connectivity index (χ1) is 13.3. The summed E-state index contributed by atoms with van der Waals surface area (Å²) in [4.78, 5) is 16.2. The molecule has 0 amide bonds. The molecule has 1 saturated heterocycles. The first kappa shape index (κ1) is 18.8. The standard InChI is InChI=1S/C19H24N6O2S/c1-13-12-27-10-9-24(13)17-11-15(23-28(3,4)26)21-19(22-17)18-14(2)20-16-7-5-6-8-25(16)18/h5-8,11,13H,9-10,12H2,1-4H3/t13-/m1/s1. The maximum Gasteiger partial charge on any atom is 0.182 e. The summed E-state index contributed by atoms with van der Waals surface area (Å²) < 4.78 is 24.2. The lowest BCUT2D eigenvalue weighted by molar-refractivity contribution is 0.0985. The molecule has 0 spiro atoms. The third-order valence-corrected chi connectivity index (χ3v) is 5.22. The fraction of sp³-hybridized carbons (Fsp3) is 0.421. The minimum absolute atomic E-state index is 0.181. The number of hydrogen-bond donors (Lipinski definition) is 0. The van der Waals surface area contributed by atoms with Crippen molar-refractivity contribution in [3.63, 3.8) is 0 Å². The van der Waals surface area contributed by atoms with E-state index in [0.717, 1.165) is 29.4 Å². The number of morpholine rings is 1. The number of fused-ring (bicyclic) bond motifs is 1. The predicted octanol–water partition coefficient (Wildman–Crippen LogP) is 2.68. The van der Waals surface area contributed by atoms with Crippen molar-refractivity contribution in [2.75, 3.05) is 37.2 Å². The maximum atomic E-state index is 12.3. The first-order valence-electron chi connectivity index (χ1n) is 9.16. The van der Waals surface area contributed by atoms with Crippen LogP contribution in [0.5, 0.6) is 0 Å². The molecule has 0 bridgehead atoms. The molecule has 1 aliphatic rings. The Bertz CT molecular complexity index is 1140. The van der Waals surface area contributed by atoms with Gasteiger partial charge in [0.05, 0.1) is 24.9 Å². The van der Waals surface area contributed by atoms with Crippen LogP contribution in [0, 0.1) is 6.92 Å². The number of anilines is 1. The summed E-state index contributed by atoms with van der Waals surface area (Å²) in [5.41, 5.74) is 2.48. The van der Waals surface area contributed by atoms with Gasteiger partial charge in [-0.15, -0.1) is 0 Å². The smallest absolute Gasteiger partial charge is 0.182 e. The number of aryl methyl sites for hydroxylation is 1. The zero-order chi connectivity index (χ0) is 19.9. The van der Waals surface area contributed by atoms with Crippen LogP contribution in [-0.4, -0.2) is 61.9 Å².